The molecule has 5 aromatic carbocycles. The molecule has 9 rings (SSSR count). The van der Waals surface area contributed by atoms with Crippen molar-refractivity contribution in [3.05, 3.63) is 188 Å². The zero-order valence-electron chi connectivity index (χ0n) is 36.3. The van der Waals surface area contributed by atoms with Gasteiger partial charge < -0.3 is 0 Å². The number of fused-ring (bicyclic) bond motifs is 5. The molecule has 0 N–H and O–H groups in total. The summed E-state index contributed by atoms with van der Waals surface area (Å²) < 4.78 is 166. The molecule has 0 spiro atoms. The van der Waals surface area contributed by atoms with E-state index in [4.69, 9.17) is 0 Å². The lowest BCUT2D eigenvalue weighted by molar-refractivity contribution is -0.168. The van der Waals surface area contributed by atoms with Crippen molar-refractivity contribution < 1.29 is 52.7 Å². The Morgan fingerprint density at radius 1 is 0.521 bits per heavy atom. The van der Waals surface area contributed by atoms with Gasteiger partial charge in [0.05, 0.1) is 22.6 Å². The molecule has 5 aromatic rings. The number of halogens is 12. The van der Waals surface area contributed by atoms with Gasteiger partial charge in [-0.25, -0.2) is 0 Å². The summed E-state index contributed by atoms with van der Waals surface area (Å²) in [5, 5.41) is 42.0. The highest BCUT2D eigenvalue weighted by atomic mass is 19.4. The van der Waals surface area contributed by atoms with Crippen molar-refractivity contribution in [3.8, 4) is 57.7 Å². The van der Waals surface area contributed by atoms with Gasteiger partial charge in [-0.1, -0.05) is 61.5 Å². The SMILES string of the molecule is CC1C=C(c2cc(-c3ccc(C(F)(F)F)cc3)cc3c2C2CC4=C(C=C2C3=C(C#N)C#N)C(=C(C#N)C#N)c2cc(-c3ccc(C(F)(F)F)cc3)cc(-c3ccc(C(F)(F)F)cc3)c24)C=CC1C(F)(F)F. The van der Waals surface area contributed by atoms with E-state index in [2.05, 4.69) is 0 Å². The lowest BCUT2D eigenvalue weighted by Gasteiger charge is -2.28. The van der Waals surface area contributed by atoms with E-state index in [1.54, 1.807) is 30.3 Å². The van der Waals surface area contributed by atoms with Crippen LogP contribution in [0.4, 0.5) is 52.7 Å². The normalized spacial score (nSPS) is 18.2. The van der Waals surface area contributed by atoms with Gasteiger partial charge in [-0.05, 0) is 163 Å². The number of allylic oxidation sites excluding steroid dienone is 12. The lowest BCUT2D eigenvalue weighted by Crippen LogP contribution is -2.27. The van der Waals surface area contributed by atoms with Crippen molar-refractivity contribution in [3.63, 3.8) is 0 Å². The first-order chi connectivity index (χ1) is 33.5. The maximum absolute atomic E-state index is 14.2. The molecule has 71 heavy (non-hydrogen) atoms. The Bertz CT molecular complexity index is 3440. The van der Waals surface area contributed by atoms with Gasteiger partial charge >= 0.3 is 24.7 Å². The summed E-state index contributed by atoms with van der Waals surface area (Å²) >= 11 is 0. The molecule has 3 unspecified atom stereocenters. The average Bonchev–Trinajstić information content (AvgIpc) is 3.81. The van der Waals surface area contributed by atoms with Crippen LogP contribution in [0.15, 0.2) is 144 Å². The number of alkyl halides is 12. The maximum Gasteiger partial charge on any atom is 0.416 e. The van der Waals surface area contributed by atoms with Crippen LogP contribution >= 0.6 is 0 Å². The largest absolute Gasteiger partial charge is 0.416 e. The van der Waals surface area contributed by atoms with E-state index in [0.29, 0.717) is 27.8 Å². The summed E-state index contributed by atoms with van der Waals surface area (Å²) in [5.41, 5.74) is 0.628. The smallest absolute Gasteiger partial charge is 0.192 e. The summed E-state index contributed by atoms with van der Waals surface area (Å²) in [7, 11) is 0. The van der Waals surface area contributed by atoms with Crippen LogP contribution in [0.5, 0.6) is 0 Å². The Kier molecular flexibility index (Phi) is 11.4. The fourth-order valence-electron chi connectivity index (χ4n) is 10.0. The summed E-state index contributed by atoms with van der Waals surface area (Å²) in [6.45, 7) is 1.37. The van der Waals surface area contributed by atoms with Crippen molar-refractivity contribution in [2.75, 3.05) is 0 Å². The minimum Gasteiger partial charge on any atom is -0.192 e. The van der Waals surface area contributed by atoms with Crippen LogP contribution in [0, 0.1) is 57.2 Å². The number of rotatable bonds is 4. The second kappa shape index (κ2) is 17.0. The van der Waals surface area contributed by atoms with Crippen molar-refractivity contribution in [1.29, 1.82) is 21.0 Å². The summed E-state index contributed by atoms with van der Waals surface area (Å²) in [6.07, 6.45) is -13.6. The van der Waals surface area contributed by atoms with Crippen molar-refractivity contribution in [2.45, 2.75) is 44.0 Å². The molecule has 4 aliphatic carbocycles. The van der Waals surface area contributed by atoms with E-state index in [9.17, 15) is 73.7 Å². The van der Waals surface area contributed by atoms with Gasteiger partial charge in [0.1, 0.15) is 35.4 Å². The Morgan fingerprint density at radius 2 is 0.958 bits per heavy atom. The van der Waals surface area contributed by atoms with Crippen LogP contribution in [-0.4, -0.2) is 6.18 Å². The number of benzene rings is 5. The van der Waals surface area contributed by atoms with Crippen molar-refractivity contribution >= 4 is 22.3 Å². The Labute approximate surface area is 396 Å². The molecule has 0 saturated heterocycles. The van der Waals surface area contributed by atoms with Crippen LogP contribution in [-0.2, 0) is 18.5 Å². The van der Waals surface area contributed by atoms with E-state index in [0.717, 1.165) is 42.5 Å². The van der Waals surface area contributed by atoms with Gasteiger partial charge in [0.2, 0.25) is 0 Å². The zero-order chi connectivity index (χ0) is 51.1. The van der Waals surface area contributed by atoms with Crippen LogP contribution in [0.1, 0.15) is 63.8 Å². The van der Waals surface area contributed by atoms with Crippen LogP contribution in [0.3, 0.4) is 0 Å². The second-order valence-corrected chi connectivity index (χ2v) is 17.3. The van der Waals surface area contributed by atoms with E-state index < -0.39 is 70.3 Å². The fourth-order valence-corrected chi connectivity index (χ4v) is 10.0. The molecule has 0 aliphatic heterocycles. The number of nitriles is 4. The molecule has 0 aromatic heterocycles. The quantitative estimate of drug-likeness (QED) is 0.132. The molecule has 0 bridgehead atoms. The number of hydrogen-bond donors (Lipinski definition) is 0. The summed E-state index contributed by atoms with van der Waals surface area (Å²) in [6, 6.07) is 26.2. The van der Waals surface area contributed by atoms with Gasteiger partial charge in [0.15, 0.2) is 0 Å². The maximum atomic E-state index is 14.2. The molecule has 0 amide bonds. The van der Waals surface area contributed by atoms with Crippen LogP contribution in [0.25, 0.3) is 55.7 Å². The highest BCUT2D eigenvalue weighted by molar-refractivity contribution is 6.12. The highest BCUT2D eigenvalue weighted by Gasteiger charge is 2.46. The third-order valence-corrected chi connectivity index (χ3v) is 13.2. The first-order valence-electron chi connectivity index (χ1n) is 21.4. The van der Waals surface area contributed by atoms with Gasteiger partial charge in [0.25, 0.3) is 0 Å². The molecule has 0 fully saturated rings. The van der Waals surface area contributed by atoms with E-state index in [1.807, 2.05) is 24.3 Å². The molecule has 3 atom stereocenters. The van der Waals surface area contributed by atoms with Gasteiger partial charge in [0, 0.05) is 17.1 Å². The highest BCUT2D eigenvalue weighted by Crippen LogP contribution is 2.62. The van der Waals surface area contributed by atoms with E-state index in [-0.39, 0.29) is 73.2 Å². The predicted octanol–water partition coefficient (Wildman–Crippen LogP) is 16.0. The summed E-state index contributed by atoms with van der Waals surface area (Å²) in [5.74, 6) is -3.84. The predicted molar refractivity (Wildman–Crippen MR) is 239 cm³/mol. The Balaban J connectivity index is 1.33. The number of nitrogens with zero attached hydrogens (tertiary/aromatic N) is 4. The average molecular weight is 973 g/mol. The summed E-state index contributed by atoms with van der Waals surface area (Å²) in [4.78, 5) is 0. The molecule has 0 radical (unpaired) electrons. The zero-order valence-corrected chi connectivity index (χ0v) is 36.3. The molecule has 16 heteroatoms. The third kappa shape index (κ3) is 8.29. The molecule has 352 valence electrons. The topological polar surface area (TPSA) is 95.2 Å². The Morgan fingerprint density at radius 3 is 1.41 bits per heavy atom. The first kappa shape index (κ1) is 47.7. The minimum absolute atomic E-state index is 0.0363. The van der Waals surface area contributed by atoms with Crippen molar-refractivity contribution in [2.24, 2.45) is 11.8 Å². The minimum atomic E-state index is -4.74. The fraction of sp³-hybridized carbons (Fsp3) is 0.164. The Hall–Kier alpha value is -8.34. The number of hydrogen-bond acceptors (Lipinski definition) is 4. The molecular formula is C55H28F12N4. The second-order valence-electron chi connectivity index (χ2n) is 17.3. The van der Waals surface area contributed by atoms with Crippen LogP contribution < -0.4 is 0 Å². The van der Waals surface area contributed by atoms with Crippen LogP contribution in [0.2, 0.25) is 0 Å². The standard InChI is InChI=1S/C55H28F12N4/c1-27-16-31(8-15-47(27)55(65,66)67)40-18-33(29-4-11-37(12-5-29)53(59,60)61)20-46-49(35(25-70)26-71)42-21-41-43(22-44(42)51(40)46)50-39(30-6-13-38(14-7-30)54(62,63)64)17-32(19-45(50)48(41)34(23-68)24-69)28-2-9-36(10-3-28)52(56,57)58/h2-21,27,44,47H,22H2,1H3. The molecule has 0 heterocycles. The molecule has 4 aliphatic rings. The first-order valence-corrected chi connectivity index (χ1v) is 21.4. The van der Waals surface area contributed by atoms with Gasteiger partial charge in [-0.2, -0.15) is 73.7 Å². The van der Waals surface area contributed by atoms with E-state index in [1.165, 1.54) is 55.5 Å². The lowest BCUT2D eigenvalue weighted by atomic mass is 9.77. The molecular weight excluding hydrogens is 945 g/mol. The molecule has 0 saturated carbocycles. The van der Waals surface area contributed by atoms with E-state index >= 15 is 0 Å². The van der Waals surface area contributed by atoms with Gasteiger partial charge in [-0.3, -0.25) is 0 Å². The molecule has 4 nitrogen and oxygen atoms in total. The van der Waals surface area contributed by atoms with Gasteiger partial charge in [-0.15, -0.1) is 0 Å². The third-order valence-electron chi connectivity index (χ3n) is 13.2. The monoisotopic (exact) mass is 972 g/mol. The van der Waals surface area contributed by atoms with Crippen molar-refractivity contribution in [1.82, 2.24) is 0 Å².